The van der Waals surface area contributed by atoms with Gasteiger partial charge < -0.3 is 5.11 Å². The van der Waals surface area contributed by atoms with Crippen LogP contribution in [0.2, 0.25) is 0 Å². The number of ketones is 3. The van der Waals surface area contributed by atoms with E-state index in [1.54, 1.807) is 37.3 Å². The molecule has 7 nitrogen and oxygen atoms in total. The van der Waals surface area contributed by atoms with Crippen molar-refractivity contribution in [3.05, 3.63) is 106 Å². The lowest BCUT2D eigenvalue weighted by Gasteiger charge is -2.42. The number of rotatable bonds is 3. The summed E-state index contributed by atoms with van der Waals surface area (Å²) in [6.45, 7) is 3.07. The molecule has 3 aromatic carbocycles. The highest BCUT2D eigenvalue weighted by molar-refractivity contribution is 6.25. The van der Waals surface area contributed by atoms with Gasteiger partial charge in [0.2, 0.25) is 11.8 Å². The smallest absolute Gasteiger partial charge is 0.238 e. The molecule has 0 saturated carbocycles. The zero-order valence-electron chi connectivity index (χ0n) is 23.1. The maximum atomic E-state index is 14.1. The van der Waals surface area contributed by atoms with Crippen molar-refractivity contribution in [3.63, 3.8) is 0 Å². The van der Waals surface area contributed by atoms with E-state index in [0.29, 0.717) is 40.0 Å². The lowest BCUT2D eigenvalue weighted by atomic mass is 9.59. The third-order valence-corrected chi connectivity index (χ3v) is 9.33. The molecule has 7 heteroatoms. The number of aromatic hydroxyl groups is 1. The summed E-state index contributed by atoms with van der Waals surface area (Å²) in [5.74, 6) is -3.90. The molecular formula is C35H27NO6. The SMILES string of the molecule is CC(=O)c1ccc(N2C(=O)C3CC=C4C(c5c(O)ccc6ccccc56)C5=C(CC4C3C2=O)C(=O)C=C(C)C5=O)cc1. The van der Waals surface area contributed by atoms with Crippen LogP contribution < -0.4 is 4.90 Å². The lowest BCUT2D eigenvalue weighted by molar-refractivity contribution is -0.123. The van der Waals surface area contributed by atoms with E-state index < -0.39 is 23.7 Å². The molecule has 1 N–H and O–H groups in total. The number of anilines is 1. The lowest BCUT2D eigenvalue weighted by Crippen LogP contribution is -2.40. The fraction of sp³-hybridized carbons (Fsp3) is 0.229. The number of phenols is 1. The van der Waals surface area contributed by atoms with Crippen LogP contribution in [0.4, 0.5) is 5.69 Å². The highest BCUT2D eigenvalue weighted by Gasteiger charge is 2.57. The van der Waals surface area contributed by atoms with Gasteiger partial charge in [0, 0.05) is 33.8 Å². The van der Waals surface area contributed by atoms with Gasteiger partial charge >= 0.3 is 0 Å². The minimum absolute atomic E-state index is 0.00249. The van der Waals surface area contributed by atoms with Crippen LogP contribution in [-0.2, 0) is 19.2 Å². The van der Waals surface area contributed by atoms with Gasteiger partial charge in [0.25, 0.3) is 0 Å². The van der Waals surface area contributed by atoms with E-state index in [4.69, 9.17) is 0 Å². The first-order valence-electron chi connectivity index (χ1n) is 14.1. The second-order valence-electron chi connectivity index (χ2n) is 11.6. The number of carbonyl (C=O) groups excluding carboxylic acids is 5. The molecule has 7 rings (SSSR count). The summed E-state index contributed by atoms with van der Waals surface area (Å²) in [5, 5.41) is 12.9. The van der Waals surface area contributed by atoms with Crippen LogP contribution >= 0.6 is 0 Å². The number of Topliss-reactive ketones (excluding diaryl/α,β-unsaturated/α-hetero) is 2. The van der Waals surface area contributed by atoms with Crippen molar-refractivity contribution in [1.29, 1.82) is 0 Å². The minimum Gasteiger partial charge on any atom is -0.508 e. The highest BCUT2D eigenvalue weighted by atomic mass is 16.3. The first-order valence-corrected chi connectivity index (χ1v) is 14.1. The fourth-order valence-corrected chi connectivity index (χ4v) is 7.38. The zero-order chi connectivity index (χ0) is 29.4. The third-order valence-electron chi connectivity index (χ3n) is 9.33. The second kappa shape index (κ2) is 9.31. The predicted octanol–water partition coefficient (Wildman–Crippen LogP) is 5.38. The van der Waals surface area contributed by atoms with Gasteiger partial charge in [-0.1, -0.05) is 42.0 Å². The Morgan fingerprint density at radius 2 is 1.64 bits per heavy atom. The normalized spacial score (nSPS) is 25.2. The number of hydrogen-bond acceptors (Lipinski definition) is 6. The van der Waals surface area contributed by atoms with Crippen LogP contribution in [0, 0.1) is 17.8 Å². The molecule has 3 aliphatic carbocycles. The van der Waals surface area contributed by atoms with Crippen LogP contribution in [0.5, 0.6) is 5.75 Å². The van der Waals surface area contributed by atoms with E-state index in [2.05, 4.69) is 0 Å². The molecule has 4 atom stereocenters. The molecule has 2 amide bonds. The van der Waals surface area contributed by atoms with Gasteiger partial charge in [-0.15, -0.1) is 0 Å². The largest absolute Gasteiger partial charge is 0.508 e. The Bertz CT molecular complexity index is 1870. The Hall–Kier alpha value is -4.91. The first kappa shape index (κ1) is 26.0. The third kappa shape index (κ3) is 3.62. The number of imide groups is 1. The van der Waals surface area contributed by atoms with Crippen molar-refractivity contribution in [2.45, 2.75) is 32.6 Å². The molecule has 1 saturated heterocycles. The Kier molecular flexibility index (Phi) is 5.77. The number of allylic oxidation sites excluding steroid dienone is 6. The average Bonchev–Trinajstić information content (AvgIpc) is 3.24. The molecule has 42 heavy (non-hydrogen) atoms. The van der Waals surface area contributed by atoms with Crippen molar-refractivity contribution in [2.24, 2.45) is 17.8 Å². The van der Waals surface area contributed by atoms with Crippen molar-refractivity contribution in [1.82, 2.24) is 0 Å². The highest BCUT2D eigenvalue weighted by Crippen LogP contribution is 2.57. The standard InChI is InChI=1S/C35H27NO6/c1-17-15-28(39)26-16-25-23(31(32(26)33(17)40)30-22-6-4-3-5-20(22)9-14-27(30)38)12-13-24-29(25)35(42)36(34(24)41)21-10-7-19(8-11-21)18(2)37/h3-12,14-15,24-25,29,31,38H,13,16H2,1-2H3. The van der Waals surface area contributed by atoms with Gasteiger partial charge in [0.1, 0.15) is 5.75 Å². The average molecular weight is 558 g/mol. The van der Waals surface area contributed by atoms with Gasteiger partial charge in [0.15, 0.2) is 17.3 Å². The van der Waals surface area contributed by atoms with Gasteiger partial charge in [-0.2, -0.15) is 0 Å². The van der Waals surface area contributed by atoms with Gasteiger partial charge in [0.05, 0.1) is 17.5 Å². The summed E-state index contributed by atoms with van der Waals surface area (Å²) in [6.07, 6.45) is 3.75. The van der Waals surface area contributed by atoms with Crippen molar-refractivity contribution >= 4 is 45.6 Å². The summed E-state index contributed by atoms with van der Waals surface area (Å²) < 4.78 is 0. The molecule has 0 radical (unpaired) electrons. The van der Waals surface area contributed by atoms with E-state index in [1.165, 1.54) is 17.9 Å². The monoisotopic (exact) mass is 557 g/mol. The van der Waals surface area contributed by atoms with Crippen molar-refractivity contribution in [3.8, 4) is 5.75 Å². The van der Waals surface area contributed by atoms with Crippen molar-refractivity contribution < 1.29 is 29.1 Å². The Morgan fingerprint density at radius 3 is 2.38 bits per heavy atom. The molecule has 1 aliphatic heterocycles. The Balaban J connectivity index is 1.39. The molecule has 1 fully saturated rings. The molecule has 0 bridgehead atoms. The molecule has 0 spiro atoms. The van der Waals surface area contributed by atoms with E-state index in [9.17, 15) is 29.1 Å². The number of benzene rings is 3. The van der Waals surface area contributed by atoms with Gasteiger partial charge in [-0.05, 0) is 79.8 Å². The second-order valence-corrected chi connectivity index (χ2v) is 11.6. The van der Waals surface area contributed by atoms with Crippen LogP contribution in [0.25, 0.3) is 10.8 Å². The molecule has 0 aromatic heterocycles. The molecular weight excluding hydrogens is 530 g/mol. The summed E-state index contributed by atoms with van der Waals surface area (Å²) >= 11 is 0. The van der Waals surface area contributed by atoms with Crippen molar-refractivity contribution in [2.75, 3.05) is 4.90 Å². The topological polar surface area (TPSA) is 109 Å². The van der Waals surface area contributed by atoms with E-state index in [0.717, 1.165) is 16.3 Å². The van der Waals surface area contributed by atoms with E-state index >= 15 is 0 Å². The maximum absolute atomic E-state index is 14.1. The summed E-state index contributed by atoms with van der Waals surface area (Å²) in [6, 6.07) is 17.4. The first-order chi connectivity index (χ1) is 20.2. The molecule has 4 unspecified atom stereocenters. The maximum Gasteiger partial charge on any atom is 0.238 e. The van der Waals surface area contributed by atoms with Gasteiger partial charge in [-0.25, -0.2) is 0 Å². The molecule has 1 heterocycles. The zero-order valence-corrected chi connectivity index (χ0v) is 23.1. The van der Waals surface area contributed by atoms with E-state index in [-0.39, 0.29) is 41.3 Å². The van der Waals surface area contributed by atoms with Crippen LogP contribution in [0.1, 0.15) is 48.5 Å². The van der Waals surface area contributed by atoms with Crippen LogP contribution in [0.15, 0.2) is 95.1 Å². The molecule has 3 aromatic rings. The number of amides is 2. The Labute approximate surface area is 241 Å². The number of phenolic OH excluding ortho intramolecular Hbond substituents is 1. The van der Waals surface area contributed by atoms with Gasteiger partial charge in [-0.3, -0.25) is 28.9 Å². The number of fused-ring (bicyclic) bond motifs is 4. The number of hydrogen-bond donors (Lipinski definition) is 1. The number of carbonyl (C=O) groups is 5. The fourth-order valence-electron chi connectivity index (χ4n) is 7.38. The molecule has 4 aliphatic rings. The van der Waals surface area contributed by atoms with Crippen LogP contribution in [-0.4, -0.2) is 34.3 Å². The minimum atomic E-state index is -0.738. The van der Waals surface area contributed by atoms with Crippen LogP contribution in [0.3, 0.4) is 0 Å². The predicted molar refractivity (Wildman–Crippen MR) is 156 cm³/mol. The quantitative estimate of drug-likeness (QED) is 0.200. The summed E-state index contributed by atoms with van der Waals surface area (Å²) in [7, 11) is 0. The molecule has 208 valence electrons. The summed E-state index contributed by atoms with van der Waals surface area (Å²) in [4.78, 5) is 67.9. The number of nitrogens with zero attached hydrogens (tertiary/aromatic N) is 1. The van der Waals surface area contributed by atoms with E-state index in [1.807, 2.05) is 36.4 Å². The Morgan fingerprint density at radius 1 is 0.905 bits per heavy atom. The summed E-state index contributed by atoms with van der Waals surface area (Å²) in [5.41, 5.74) is 3.21.